The highest BCUT2D eigenvalue weighted by Gasteiger charge is 2.22. The van der Waals surface area contributed by atoms with Crippen LogP contribution >= 0.6 is 0 Å². The van der Waals surface area contributed by atoms with E-state index in [2.05, 4.69) is 26.3 Å². The summed E-state index contributed by atoms with van der Waals surface area (Å²) in [4.78, 5) is 30.2. The number of nitrogens with zero attached hydrogens (tertiary/aromatic N) is 4. The monoisotopic (exact) mass is 475 g/mol. The maximum absolute atomic E-state index is 12.9. The molecule has 0 amide bonds. The minimum absolute atomic E-state index is 0.177. The van der Waals surface area contributed by atoms with Crippen molar-refractivity contribution in [1.82, 2.24) is 14.7 Å². The molecule has 8 nitrogen and oxygen atoms in total. The molecular weight excluding hydrogens is 442 g/mol. The Labute approximate surface area is 206 Å². The third-order valence-electron chi connectivity index (χ3n) is 6.39. The SMILES string of the molecule is COc1ccccc1N1CCN(CCCNc2c(C(C)=O)c(-c3ccccc3)nn(C)c2=O)CC1. The maximum Gasteiger partial charge on any atom is 0.290 e. The number of hydrogen-bond acceptors (Lipinski definition) is 7. The van der Waals surface area contributed by atoms with E-state index in [4.69, 9.17) is 4.74 Å². The van der Waals surface area contributed by atoms with Crippen LogP contribution in [0.4, 0.5) is 11.4 Å². The summed E-state index contributed by atoms with van der Waals surface area (Å²) >= 11 is 0. The second kappa shape index (κ2) is 11.2. The van der Waals surface area contributed by atoms with Gasteiger partial charge in [-0.25, -0.2) is 4.68 Å². The van der Waals surface area contributed by atoms with Crippen molar-refractivity contribution in [3.8, 4) is 17.0 Å². The third kappa shape index (κ3) is 5.54. The predicted octanol–water partition coefficient (Wildman–Crippen LogP) is 3.28. The zero-order chi connectivity index (χ0) is 24.8. The highest BCUT2D eigenvalue weighted by Crippen LogP contribution is 2.28. The van der Waals surface area contributed by atoms with Crippen LogP contribution in [0.5, 0.6) is 5.75 Å². The second-order valence-electron chi connectivity index (χ2n) is 8.73. The Morgan fingerprint density at radius 3 is 2.40 bits per heavy atom. The number of benzene rings is 2. The van der Waals surface area contributed by atoms with Crippen LogP contribution < -0.4 is 20.5 Å². The van der Waals surface area contributed by atoms with E-state index in [0.29, 0.717) is 23.5 Å². The molecular formula is C27H33N5O3. The molecule has 0 atom stereocenters. The number of carbonyl (C=O) groups excluding carboxylic acids is 1. The number of ether oxygens (including phenoxy) is 1. The molecule has 0 radical (unpaired) electrons. The molecule has 0 unspecified atom stereocenters. The molecule has 1 saturated heterocycles. The first kappa shape index (κ1) is 24.5. The molecule has 35 heavy (non-hydrogen) atoms. The van der Waals surface area contributed by atoms with Gasteiger partial charge in [0.1, 0.15) is 17.1 Å². The first-order valence-corrected chi connectivity index (χ1v) is 12.0. The number of aryl methyl sites for hydroxylation is 1. The fourth-order valence-corrected chi connectivity index (χ4v) is 4.56. The lowest BCUT2D eigenvalue weighted by Gasteiger charge is -2.36. The van der Waals surface area contributed by atoms with E-state index in [0.717, 1.165) is 56.1 Å². The fourth-order valence-electron chi connectivity index (χ4n) is 4.56. The largest absolute Gasteiger partial charge is 0.495 e. The molecule has 8 heteroatoms. The van der Waals surface area contributed by atoms with Gasteiger partial charge in [-0.15, -0.1) is 0 Å². The third-order valence-corrected chi connectivity index (χ3v) is 6.39. The van der Waals surface area contributed by atoms with Gasteiger partial charge in [0, 0.05) is 45.3 Å². The van der Waals surface area contributed by atoms with Crippen LogP contribution in [0, 0.1) is 0 Å². The summed E-state index contributed by atoms with van der Waals surface area (Å²) in [6.07, 6.45) is 0.859. The molecule has 2 aromatic carbocycles. The number of rotatable bonds is 9. The number of aromatic nitrogens is 2. The molecule has 1 fully saturated rings. The van der Waals surface area contributed by atoms with Crippen LogP contribution in [0.2, 0.25) is 0 Å². The van der Waals surface area contributed by atoms with Gasteiger partial charge >= 0.3 is 0 Å². The molecule has 0 spiro atoms. The van der Waals surface area contributed by atoms with Crippen molar-refractivity contribution in [3.63, 3.8) is 0 Å². The number of Topliss-reactive ketones (excluding diaryl/α,β-unsaturated/α-hetero) is 1. The molecule has 3 aromatic rings. The Bertz CT molecular complexity index is 1220. The van der Waals surface area contributed by atoms with E-state index in [9.17, 15) is 9.59 Å². The standard InChI is InChI=1S/C27H33N5O3/c1-20(33)24-25(21-10-5-4-6-11-21)29-30(2)27(34)26(24)28-14-9-15-31-16-18-32(19-17-31)22-12-7-8-13-23(22)35-3/h4-8,10-13,28H,9,14-19H2,1-3H3. The summed E-state index contributed by atoms with van der Waals surface area (Å²) in [6, 6.07) is 17.6. The Kier molecular flexibility index (Phi) is 7.82. The van der Waals surface area contributed by atoms with E-state index in [-0.39, 0.29) is 11.3 Å². The van der Waals surface area contributed by atoms with E-state index in [1.54, 1.807) is 14.2 Å². The maximum atomic E-state index is 12.9. The zero-order valence-electron chi connectivity index (χ0n) is 20.7. The number of methoxy groups -OCH3 is 1. The average Bonchev–Trinajstić information content (AvgIpc) is 2.89. The highest BCUT2D eigenvalue weighted by atomic mass is 16.5. The normalized spacial score (nSPS) is 14.1. The molecule has 1 aromatic heterocycles. The molecule has 1 aliphatic heterocycles. The molecule has 0 aliphatic carbocycles. The highest BCUT2D eigenvalue weighted by molar-refractivity contribution is 6.04. The summed E-state index contributed by atoms with van der Waals surface area (Å²) in [5.74, 6) is 0.726. The minimum atomic E-state index is -0.291. The van der Waals surface area contributed by atoms with Gasteiger partial charge in [0.2, 0.25) is 0 Å². The topological polar surface area (TPSA) is 79.7 Å². The van der Waals surface area contributed by atoms with Gasteiger partial charge in [0.25, 0.3) is 5.56 Å². The van der Waals surface area contributed by atoms with Gasteiger partial charge in [-0.05, 0) is 32.0 Å². The Morgan fingerprint density at radius 2 is 1.71 bits per heavy atom. The van der Waals surface area contributed by atoms with Crippen LogP contribution in [0.25, 0.3) is 11.3 Å². The molecule has 184 valence electrons. The smallest absolute Gasteiger partial charge is 0.290 e. The lowest BCUT2D eigenvalue weighted by molar-refractivity contribution is 0.101. The van der Waals surface area contributed by atoms with Crippen molar-refractivity contribution in [2.45, 2.75) is 13.3 Å². The first-order chi connectivity index (χ1) is 17.0. The number of piperazine rings is 1. The molecule has 1 N–H and O–H groups in total. The quantitative estimate of drug-likeness (QED) is 0.376. The van der Waals surface area contributed by atoms with Gasteiger partial charge in [-0.3, -0.25) is 14.5 Å². The van der Waals surface area contributed by atoms with E-state index >= 15 is 0 Å². The van der Waals surface area contributed by atoms with Crippen LogP contribution in [0.3, 0.4) is 0 Å². The first-order valence-electron chi connectivity index (χ1n) is 12.0. The number of nitrogens with one attached hydrogen (secondary N) is 1. The van der Waals surface area contributed by atoms with Crippen molar-refractivity contribution < 1.29 is 9.53 Å². The number of hydrogen-bond donors (Lipinski definition) is 1. The molecule has 0 saturated carbocycles. The van der Waals surface area contributed by atoms with Crippen LogP contribution in [-0.4, -0.2) is 66.8 Å². The van der Waals surface area contributed by atoms with Gasteiger partial charge in [0.15, 0.2) is 5.78 Å². The Morgan fingerprint density at radius 1 is 1.03 bits per heavy atom. The van der Waals surface area contributed by atoms with E-state index < -0.39 is 0 Å². The lowest BCUT2D eigenvalue weighted by atomic mass is 10.0. The van der Waals surface area contributed by atoms with Crippen molar-refractivity contribution >= 4 is 17.2 Å². The summed E-state index contributed by atoms with van der Waals surface area (Å²) in [5, 5.41) is 7.65. The van der Waals surface area contributed by atoms with E-state index in [1.807, 2.05) is 48.5 Å². The summed E-state index contributed by atoms with van der Waals surface area (Å²) in [5.41, 5.74) is 2.86. The number of ketones is 1. The van der Waals surface area contributed by atoms with Gasteiger partial charge in [-0.2, -0.15) is 5.10 Å². The Balaban J connectivity index is 1.37. The molecule has 1 aliphatic rings. The van der Waals surface area contributed by atoms with Crippen molar-refractivity contribution in [2.24, 2.45) is 7.05 Å². The van der Waals surface area contributed by atoms with Crippen LogP contribution in [0.15, 0.2) is 59.4 Å². The minimum Gasteiger partial charge on any atom is -0.495 e. The molecule has 4 rings (SSSR count). The molecule has 0 bridgehead atoms. The van der Waals surface area contributed by atoms with Gasteiger partial charge < -0.3 is 15.0 Å². The van der Waals surface area contributed by atoms with Crippen molar-refractivity contribution in [2.75, 3.05) is 56.6 Å². The summed E-state index contributed by atoms with van der Waals surface area (Å²) in [6.45, 7) is 6.80. The van der Waals surface area contributed by atoms with Gasteiger partial charge in [-0.1, -0.05) is 42.5 Å². The predicted molar refractivity (Wildman–Crippen MR) is 140 cm³/mol. The van der Waals surface area contributed by atoms with Crippen LogP contribution in [-0.2, 0) is 7.05 Å². The molecule has 2 heterocycles. The number of anilines is 2. The van der Waals surface area contributed by atoms with E-state index in [1.165, 1.54) is 11.6 Å². The number of carbonyl (C=O) groups is 1. The van der Waals surface area contributed by atoms with Crippen molar-refractivity contribution in [3.05, 3.63) is 70.5 Å². The second-order valence-corrected chi connectivity index (χ2v) is 8.73. The van der Waals surface area contributed by atoms with Crippen molar-refractivity contribution in [1.29, 1.82) is 0 Å². The lowest BCUT2D eigenvalue weighted by Crippen LogP contribution is -2.47. The van der Waals surface area contributed by atoms with Gasteiger partial charge in [0.05, 0.1) is 18.4 Å². The van der Waals surface area contributed by atoms with Crippen LogP contribution in [0.1, 0.15) is 23.7 Å². The average molecular weight is 476 g/mol. The summed E-state index contributed by atoms with van der Waals surface area (Å²) < 4.78 is 6.81. The summed E-state index contributed by atoms with van der Waals surface area (Å²) in [7, 11) is 3.32. The number of para-hydroxylation sites is 2. The zero-order valence-corrected chi connectivity index (χ0v) is 20.7. The Hall–Kier alpha value is -3.65. The fraction of sp³-hybridized carbons (Fsp3) is 0.370.